The number of hydrogen-bond donors (Lipinski definition) is 0. The summed E-state index contributed by atoms with van der Waals surface area (Å²) in [7, 11) is 0. The standard InChI is InChI=1S/C20H19NO5/c1-13-7-6-10-15(21(24)25)18(13)19(23)26-17-12-11-16(22)20(17,2)14-8-4-3-5-9-14/h3-10,17H,11-12H2,1-2H3/t17-,20+/m1/s1. The number of hydrogen-bond acceptors (Lipinski definition) is 5. The molecule has 26 heavy (non-hydrogen) atoms. The minimum Gasteiger partial charge on any atom is -0.457 e. The molecular weight excluding hydrogens is 334 g/mol. The first-order chi connectivity index (χ1) is 12.4. The van der Waals surface area contributed by atoms with Crippen LogP contribution in [-0.2, 0) is 14.9 Å². The van der Waals surface area contributed by atoms with Crippen LogP contribution in [0, 0.1) is 17.0 Å². The molecule has 2 aromatic rings. The van der Waals surface area contributed by atoms with E-state index in [1.165, 1.54) is 12.1 Å². The lowest BCUT2D eigenvalue weighted by Crippen LogP contribution is -2.40. The Bertz CT molecular complexity index is 877. The van der Waals surface area contributed by atoms with E-state index in [0.29, 0.717) is 18.4 Å². The summed E-state index contributed by atoms with van der Waals surface area (Å²) in [5.41, 5.74) is -0.0588. The summed E-state index contributed by atoms with van der Waals surface area (Å²) >= 11 is 0. The molecule has 0 aliphatic heterocycles. The lowest BCUT2D eigenvalue weighted by atomic mass is 9.78. The van der Waals surface area contributed by atoms with Gasteiger partial charge >= 0.3 is 5.97 Å². The normalized spacial score (nSPS) is 22.2. The second-order valence-corrected chi connectivity index (χ2v) is 6.65. The molecule has 0 spiro atoms. The van der Waals surface area contributed by atoms with Gasteiger partial charge in [-0.2, -0.15) is 0 Å². The topological polar surface area (TPSA) is 86.5 Å². The van der Waals surface area contributed by atoms with E-state index in [4.69, 9.17) is 4.74 Å². The molecule has 134 valence electrons. The predicted molar refractivity (Wildman–Crippen MR) is 95.1 cm³/mol. The van der Waals surface area contributed by atoms with Crippen LogP contribution in [0.5, 0.6) is 0 Å². The molecule has 0 heterocycles. The Morgan fingerprint density at radius 3 is 2.54 bits per heavy atom. The van der Waals surface area contributed by atoms with Crippen molar-refractivity contribution < 1.29 is 19.2 Å². The minimum absolute atomic E-state index is 0.000725. The molecule has 2 aromatic carbocycles. The number of ether oxygens (including phenoxy) is 1. The molecule has 1 saturated carbocycles. The molecule has 0 amide bonds. The summed E-state index contributed by atoms with van der Waals surface area (Å²) in [6.07, 6.45) is 0.0404. The van der Waals surface area contributed by atoms with E-state index >= 15 is 0 Å². The maximum Gasteiger partial charge on any atom is 0.345 e. The SMILES string of the molecule is Cc1cccc([N+](=O)[O-])c1C(=O)O[C@@H]1CCC(=O)[C@]1(C)c1ccccc1. The average molecular weight is 353 g/mol. The summed E-state index contributed by atoms with van der Waals surface area (Å²) in [6.45, 7) is 3.39. The number of nitrogens with zero attached hydrogens (tertiary/aromatic N) is 1. The van der Waals surface area contributed by atoms with Crippen LogP contribution in [0.4, 0.5) is 5.69 Å². The van der Waals surface area contributed by atoms with Gasteiger partial charge in [0.1, 0.15) is 17.5 Å². The fourth-order valence-electron chi connectivity index (χ4n) is 3.56. The van der Waals surface area contributed by atoms with Gasteiger partial charge in [0, 0.05) is 12.5 Å². The van der Waals surface area contributed by atoms with Crippen LogP contribution in [0.25, 0.3) is 0 Å². The van der Waals surface area contributed by atoms with E-state index in [9.17, 15) is 19.7 Å². The molecule has 0 aromatic heterocycles. The molecule has 1 aliphatic rings. The molecule has 0 bridgehead atoms. The van der Waals surface area contributed by atoms with Crippen LogP contribution in [-0.4, -0.2) is 22.8 Å². The number of esters is 1. The van der Waals surface area contributed by atoms with Gasteiger partial charge in [-0.25, -0.2) is 4.79 Å². The quantitative estimate of drug-likeness (QED) is 0.475. The highest BCUT2D eigenvalue weighted by Crippen LogP contribution is 2.40. The summed E-state index contributed by atoms with van der Waals surface area (Å²) in [5.74, 6) is -0.766. The molecule has 1 aliphatic carbocycles. The van der Waals surface area contributed by atoms with Gasteiger partial charge in [0.05, 0.1) is 10.3 Å². The monoisotopic (exact) mass is 353 g/mol. The van der Waals surface area contributed by atoms with Crippen LogP contribution in [0.15, 0.2) is 48.5 Å². The van der Waals surface area contributed by atoms with Crippen molar-refractivity contribution in [3.05, 3.63) is 75.3 Å². The minimum atomic E-state index is -0.950. The largest absolute Gasteiger partial charge is 0.457 e. The highest BCUT2D eigenvalue weighted by Gasteiger charge is 2.50. The summed E-state index contributed by atoms with van der Waals surface area (Å²) in [5, 5.41) is 11.3. The van der Waals surface area contributed by atoms with Crippen LogP contribution < -0.4 is 0 Å². The average Bonchev–Trinajstić information content (AvgIpc) is 2.91. The zero-order valence-corrected chi connectivity index (χ0v) is 14.6. The van der Waals surface area contributed by atoms with E-state index < -0.39 is 22.4 Å². The Kier molecular flexibility index (Phi) is 4.59. The van der Waals surface area contributed by atoms with Crippen molar-refractivity contribution in [3.63, 3.8) is 0 Å². The number of benzene rings is 2. The number of carbonyl (C=O) groups is 2. The van der Waals surface area contributed by atoms with Crippen molar-refractivity contribution in [2.24, 2.45) is 0 Å². The Balaban J connectivity index is 1.95. The number of aryl methyl sites for hydroxylation is 1. The Morgan fingerprint density at radius 2 is 1.88 bits per heavy atom. The van der Waals surface area contributed by atoms with Crippen molar-refractivity contribution in [1.82, 2.24) is 0 Å². The number of ketones is 1. The van der Waals surface area contributed by atoms with Crippen molar-refractivity contribution in [2.45, 2.75) is 38.2 Å². The van der Waals surface area contributed by atoms with Gasteiger partial charge in [0.25, 0.3) is 5.69 Å². The maximum absolute atomic E-state index is 12.7. The first-order valence-electron chi connectivity index (χ1n) is 8.39. The second-order valence-electron chi connectivity index (χ2n) is 6.65. The van der Waals surface area contributed by atoms with Gasteiger partial charge < -0.3 is 4.74 Å². The van der Waals surface area contributed by atoms with Gasteiger partial charge in [-0.15, -0.1) is 0 Å². The molecule has 6 heteroatoms. The van der Waals surface area contributed by atoms with Crippen LogP contribution in [0.2, 0.25) is 0 Å². The molecule has 0 saturated heterocycles. The first kappa shape index (κ1) is 17.8. The number of rotatable bonds is 4. The van der Waals surface area contributed by atoms with Crippen molar-refractivity contribution in [1.29, 1.82) is 0 Å². The van der Waals surface area contributed by atoms with Crippen molar-refractivity contribution in [2.75, 3.05) is 0 Å². The van der Waals surface area contributed by atoms with Crippen molar-refractivity contribution in [3.8, 4) is 0 Å². The predicted octanol–water partition coefficient (Wildman–Crippen LogP) is 3.75. The smallest absolute Gasteiger partial charge is 0.345 e. The first-order valence-corrected chi connectivity index (χ1v) is 8.39. The third-order valence-corrected chi connectivity index (χ3v) is 5.13. The van der Waals surface area contributed by atoms with E-state index in [0.717, 1.165) is 5.56 Å². The molecule has 3 rings (SSSR count). The Labute approximate surface area is 150 Å². The van der Waals surface area contributed by atoms with Crippen LogP contribution >= 0.6 is 0 Å². The molecule has 0 radical (unpaired) electrons. The molecule has 6 nitrogen and oxygen atoms in total. The zero-order valence-electron chi connectivity index (χ0n) is 14.6. The summed E-state index contributed by atoms with van der Waals surface area (Å²) in [4.78, 5) is 36.0. The second kappa shape index (κ2) is 6.71. The van der Waals surface area contributed by atoms with Crippen LogP contribution in [0.3, 0.4) is 0 Å². The van der Waals surface area contributed by atoms with Gasteiger partial charge in [-0.1, -0.05) is 42.5 Å². The summed E-state index contributed by atoms with van der Waals surface area (Å²) < 4.78 is 5.65. The highest BCUT2D eigenvalue weighted by molar-refractivity contribution is 5.97. The van der Waals surface area contributed by atoms with E-state index in [-0.39, 0.29) is 17.0 Å². The molecule has 1 fully saturated rings. The van der Waals surface area contributed by atoms with Gasteiger partial charge in [0.2, 0.25) is 0 Å². The van der Waals surface area contributed by atoms with Crippen molar-refractivity contribution >= 4 is 17.4 Å². The Hall–Kier alpha value is -3.02. The zero-order chi connectivity index (χ0) is 18.9. The molecular formula is C20H19NO5. The van der Waals surface area contributed by atoms with E-state index in [1.54, 1.807) is 19.9 Å². The maximum atomic E-state index is 12.7. The lowest BCUT2D eigenvalue weighted by Gasteiger charge is -2.30. The van der Waals surface area contributed by atoms with Gasteiger partial charge in [-0.05, 0) is 31.4 Å². The van der Waals surface area contributed by atoms with Gasteiger partial charge in [0.15, 0.2) is 0 Å². The van der Waals surface area contributed by atoms with E-state index in [1.807, 2.05) is 30.3 Å². The third kappa shape index (κ3) is 2.87. The number of nitro benzene ring substituents is 1. The molecule has 2 atom stereocenters. The molecule has 0 unspecified atom stereocenters. The fraction of sp³-hybridized carbons (Fsp3) is 0.300. The lowest BCUT2D eigenvalue weighted by molar-refractivity contribution is -0.385. The highest BCUT2D eigenvalue weighted by atomic mass is 16.6. The third-order valence-electron chi connectivity index (χ3n) is 5.13. The number of nitro groups is 1. The van der Waals surface area contributed by atoms with E-state index in [2.05, 4.69) is 0 Å². The summed E-state index contributed by atoms with van der Waals surface area (Å²) in [6, 6.07) is 13.6. The number of Topliss-reactive ketones (excluding diaryl/α,β-unsaturated/α-hetero) is 1. The van der Waals surface area contributed by atoms with Crippen LogP contribution in [0.1, 0.15) is 41.3 Å². The molecule has 0 N–H and O–H groups in total. The fourth-order valence-corrected chi connectivity index (χ4v) is 3.56. The Morgan fingerprint density at radius 1 is 1.19 bits per heavy atom. The number of carbonyl (C=O) groups excluding carboxylic acids is 2. The van der Waals surface area contributed by atoms with Gasteiger partial charge in [-0.3, -0.25) is 14.9 Å².